The van der Waals surface area contributed by atoms with Crippen LogP contribution in [0.15, 0.2) is 53.4 Å². The van der Waals surface area contributed by atoms with Crippen LogP contribution in [0.5, 0.6) is 0 Å². The molecule has 0 heterocycles. The SMILES string of the molecule is Cc1ccc(C(N)C(C)Sc2ccc(Cl)cc2)cc1. The normalized spacial score (nSPS) is 14.1. The largest absolute Gasteiger partial charge is 0.323 e. The van der Waals surface area contributed by atoms with Crippen molar-refractivity contribution in [3.63, 3.8) is 0 Å². The lowest BCUT2D eigenvalue weighted by molar-refractivity contribution is 0.715. The first-order valence-electron chi connectivity index (χ1n) is 6.30. The zero-order valence-corrected chi connectivity index (χ0v) is 12.7. The Morgan fingerprint density at radius 2 is 1.58 bits per heavy atom. The molecule has 0 aliphatic rings. The number of nitrogens with two attached hydrogens (primary N) is 1. The Morgan fingerprint density at radius 1 is 1.00 bits per heavy atom. The van der Waals surface area contributed by atoms with E-state index in [9.17, 15) is 0 Å². The second-order valence-corrected chi connectivity index (χ2v) is 6.60. The molecule has 2 unspecified atom stereocenters. The van der Waals surface area contributed by atoms with Crippen LogP contribution in [-0.2, 0) is 0 Å². The van der Waals surface area contributed by atoms with E-state index in [4.69, 9.17) is 17.3 Å². The first-order valence-corrected chi connectivity index (χ1v) is 7.56. The van der Waals surface area contributed by atoms with Crippen LogP contribution in [0.25, 0.3) is 0 Å². The third-order valence-corrected chi connectivity index (χ3v) is 4.56. The van der Waals surface area contributed by atoms with E-state index in [1.807, 2.05) is 24.3 Å². The molecule has 0 aliphatic carbocycles. The van der Waals surface area contributed by atoms with Gasteiger partial charge in [0.2, 0.25) is 0 Å². The van der Waals surface area contributed by atoms with Gasteiger partial charge in [0.15, 0.2) is 0 Å². The summed E-state index contributed by atoms with van der Waals surface area (Å²) in [5.74, 6) is 0. The van der Waals surface area contributed by atoms with E-state index in [0.29, 0.717) is 5.25 Å². The summed E-state index contributed by atoms with van der Waals surface area (Å²) in [5, 5.41) is 1.07. The molecule has 2 atom stereocenters. The molecule has 0 bridgehead atoms. The molecule has 0 spiro atoms. The molecule has 3 heteroatoms. The first-order chi connectivity index (χ1) is 9.06. The van der Waals surface area contributed by atoms with Gasteiger partial charge >= 0.3 is 0 Å². The monoisotopic (exact) mass is 291 g/mol. The van der Waals surface area contributed by atoms with Crippen LogP contribution in [-0.4, -0.2) is 5.25 Å². The van der Waals surface area contributed by atoms with Crippen LogP contribution in [0.4, 0.5) is 0 Å². The number of halogens is 1. The van der Waals surface area contributed by atoms with E-state index < -0.39 is 0 Å². The van der Waals surface area contributed by atoms with Gasteiger partial charge < -0.3 is 5.73 Å². The van der Waals surface area contributed by atoms with E-state index in [0.717, 1.165) is 5.02 Å². The molecule has 19 heavy (non-hydrogen) atoms. The van der Waals surface area contributed by atoms with Crippen LogP contribution < -0.4 is 5.73 Å². The van der Waals surface area contributed by atoms with Gasteiger partial charge in [0.25, 0.3) is 0 Å². The Morgan fingerprint density at radius 3 is 2.16 bits per heavy atom. The average Bonchev–Trinajstić information content (AvgIpc) is 2.41. The second kappa shape index (κ2) is 6.47. The fourth-order valence-electron chi connectivity index (χ4n) is 1.86. The predicted octanol–water partition coefficient (Wildman–Crippen LogP) is 4.83. The van der Waals surface area contributed by atoms with Gasteiger partial charge in [-0.15, -0.1) is 11.8 Å². The van der Waals surface area contributed by atoms with Crippen molar-refractivity contribution in [3.8, 4) is 0 Å². The maximum absolute atomic E-state index is 6.32. The van der Waals surface area contributed by atoms with Gasteiger partial charge in [0, 0.05) is 21.2 Å². The topological polar surface area (TPSA) is 26.0 Å². The zero-order chi connectivity index (χ0) is 13.8. The molecule has 2 aromatic rings. The lowest BCUT2D eigenvalue weighted by atomic mass is 10.0. The molecule has 0 saturated carbocycles. The van der Waals surface area contributed by atoms with Crippen LogP contribution in [0.3, 0.4) is 0 Å². The van der Waals surface area contributed by atoms with E-state index in [1.165, 1.54) is 16.0 Å². The van der Waals surface area contributed by atoms with E-state index in [-0.39, 0.29) is 6.04 Å². The number of rotatable bonds is 4. The number of hydrogen-bond acceptors (Lipinski definition) is 2. The highest BCUT2D eigenvalue weighted by Gasteiger charge is 2.15. The summed E-state index contributed by atoms with van der Waals surface area (Å²) < 4.78 is 0. The van der Waals surface area contributed by atoms with Crippen LogP contribution in [0.1, 0.15) is 24.1 Å². The van der Waals surface area contributed by atoms with E-state index in [1.54, 1.807) is 11.8 Å². The highest BCUT2D eigenvalue weighted by Crippen LogP contribution is 2.31. The Labute approximate surface area is 124 Å². The summed E-state index contributed by atoms with van der Waals surface area (Å²) in [7, 11) is 0. The molecule has 2 rings (SSSR count). The maximum Gasteiger partial charge on any atom is 0.0416 e. The van der Waals surface area contributed by atoms with Crippen LogP contribution >= 0.6 is 23.4 Å². The van der Waals surface area contributed by atoms with Crippen LogP contribution in [0, 0.1) is 6.92 Å². The van der Waals surface area contributed by atoms with Gasteiger partial charge in [-0.05, 0) is 36.8 Å². The molecule has 100 valence electrons. The van der Waals surface area contributed by atoms with Crippen molar-refractivity contribution in [3.05, 3.63) is 64.7 Å². The quantitative estimate of drug-likeness (QED) is 0.817. The van der Waals surface area contributed by atoms with Gasteiger partial charge in [0.1, 0.15) is 0 Å². The minimum atomic E-state index is 0.0290. The Kier molecular flexibility index (Phi) is 4.92. The molecular weight excluding hydrogens is 274 g/mol. The van der Waals surface area contributed by atoms with E-state index >= 15 is 0 Å². The molecule has 0 aromatic heterocycles. The smallest absolute Gasteiger partial charge is 0.0416 e. The van der Waals surface area contributed by atoms with Gasteiger partial charge in [-0.2, -0.15) is 0 Å². The highest BCUT2D eigenvalue weighted by molar-refractivity contribution is 8.00. The minimum absolute atomic E-state index is 0.0290. The Balaban J connectivity index is 2.04. The molecular formula is C16H18ClNS. The van der Waals surface area contributed by atoms with Gasteiger partial charge in [-0.3, -0.25) is 0 Å². The molecule has 0 radical (unpaired) electrons. The third-order valence-electron chi connectivity index (χ3n) is 3.10. The van der Waals surface area contributed by atoms with Crippen LogP contribution in [0.2, 0.25) is 5.02 Å². The zero-order valence-electron chi connectivity index (χ0n) is 11.1. The van der Waals surface area contributed by atoms with Crippen molar-refractivity contribution in [2.45, 2.75) is 30.0 Å². The summed E-state index contributed by atoms with van der Waals surface area (Å²) in [6.45, 7) is 4.24. The molecule has 2 N–H and O–H groups in total. The third kappa shape index (κ3) is 4.00. The Hall–Kier alpha value is -0.960. The molecule has 0 saturated heterocycles. The molecule has 2 aromatic carbocycles. The summed E-state index contributed by atoms with van der Waals surface area (Å²) >= 11 is 7.66. The fraction of sp³-hybridized carbons (Fsp3) is 0.250. The van der Waals surface area contributed by atoms with Crippen molar-refractivity contribution in [1.82, 2.24) is 0 Å². The van der Waals surface area contributed by atoms with Gasteiger partial charge in [-0.25, -0.2) is 0 Å². The van der Waals surface area contributed by atoms with Crippen molar-refractivity contribution in [2.75, 3.05) is 0 Å². The summed E-state index contributed by atoms with van der Waals surface area (Å²) in [6, 6.07) is 16.3. The second-order valence-electron chi connectivity index (χ2n) is 4.71. The van der Waals surface area contributed by atoms with Crippen molar-refractivity contribution in [2.24, 2.45) is 5.73 Å². The predicted molar refractivity (Wildman–Crippen MR) is 84.9 cm³/mol. The molecule has 0 aliphatic heterocycles. The van der Waals surface area contributed by atoms with Gasteiger partial charge in [0.05, 0.1) is 0 Å². The standard InChI is InChI=1S/C16H18ClNS/c1-11-3-5-13(6-4-11)16(18)12(2)19-15-9-7-14(17)8-10-15/h3-10,12,16H,18H2,1-2H3. The molecule has 0 fully saturated rings. The summed E-state index contributed by atoms with van der Waals surface area (Å²) in [4.78, 5) is 1.19. The van der Waals surface area contributed by atoms with Crippen molar-refractivity contribution < 1.29 is 0 Å². The molecule has 0 amide bonds. The number of hydrogen-bond donors (Lipinski definition) is 1. The number of thioether (sulfide) groups is 1. The Bertz CT molecular complexity index is 521. The van der Waals surface area contributed by atoms with Crippen molar-refractivity contribution >= 4 is 23.4 Å². The molecule has 1 nitrogen and oxygen atoms in total. The minimum Gasteiger partial charge on any atom is -0.323 e. The van der Waals surface area contributed by atoms with E-state index in [2.05, 4.69) is 38.1 Å². The highest BCUT2D eigenvalue weighted by atomic mass is 35.5. The summed E-state index contributed by atoms with van der Waals surface area (Å²) in [5.41, 5.74) is 8.76. The lowest BCUT2D eigenvalue weighted by Gasteiger charge is -2.20. The average molecular weight is 292 g/mol. The number of aryl methyl sites for hydroxylation is 1. The van der Waals surface area contributed by atoms with Crippen molar-refractivity contribution in [1.29, 1.82) is 0 Å². The first kappa shape index (κ1) is 14.4. The summed E-state index contributed by atoms with van der Waals surface area (Å²) in [6.07, 6.45) is 0. The maximum atomic E-state index is 6.32. The number of benzene rings is 2. The lowest BCUT2D eigenvalue weighted by Crippen LogP contribution is -2.20. The van der Waals surface area contributed by atoms with Gasteiger partial charge in [-0.1, -0.05) is 48.4 Å². The fourth-order valence-corrected chi connectivity index (χ4v) is 3.01.